The summed E-state index contributed by atoms with van der Waals surface area (Å²) in [6, 6.07) is 9.23. The van der Waals surface area contributed by atoms with Gasteiger partial charge in [0.1, 0.15) is 5.76 Å². The second kappa shape index (κ2) is 9.44. The largest absolute Gasteiger partial charge is 0.468 e. The summed E-state index contributed by atoms with van der Waals surface area (Å²) < 4.78 is 32.6. The molecule has 2 heterocycles. The summed E-state index contributed by atoms with van der Waals surface area (Å²) >= 11 is 0. The molecule has 0 atom stereocenters. The van der Waals surface area contributed by atoms with Crippen molar-refractivity contribution in [2.45, 2.75) is 44.2 Å². The number of amides is 2. The van der Waals surface area contributed by atoms with Crippen LogP contribution in [-0.2, 0) is 21.4 Å². The molecule has 1 aliphatic rings. The number of furan rings is 1. The Morgan fingerprint density at radius 3 is 2.53 bits per heavy atom. The molecule has 2 N–H and O–H groups in total. The summed E-state index contributed by atoms with van der Waals surface area (Å²) in [5.41, 5.74) is 0.275. The number of nitrogens with zero attached hydrogens (tertiary/aromatic N) is 1. The Morgan fingerprint density at radius 1 is 1.17 bits per heavy atom. The molecule has 0 aliphatic carbocycles. The minimum absolute atomic E-state index is 0.0130. The zero-order valence-corrected chi connectivity index (χ0v) is 17.9. The van der Waals surface area contributed by atoms with Crippen molar-refractivity contribution in [3.63, 3.8) is 0 Å². The number of carbonyl (C=O) groups excluding carboxylic acids is 2. The summed E-state index contributed by atoms with van der Waals surface area (Å²) in [7, 11) is -3.78. The maximum absolute atomic E-state index is 12.6. The third-order valence-electron chi connectivity index (χ3n) is 5.06. The number of piperidine rings is 1. The summed E-state index contributed by atoms with van der Waals surface area (Å²) in [6.45, 7) is 4.99. The number of hydrogen-bond acceptors (Lipinski definition) is 5. The van der Waals surface area contributed by atoms with Crippen molar-refractivity contribution in [2.75, 3.05) is 13.1 Å². The predicted molar refractivity (Wildman–Crippen MR) is 111 cm³/mol. The molecule has 8 nitrogen and oxygen atoms in total. The second-order valence-electron chi connectivity index (χ2n) is 7.66. The fourth-order valence-corrected chi connectivity index (χ4v) is 4.38. The number of likely N-dealkylation sites (tertiary alicyclic amines) is 1. The molecule has 0 bridgehead atoms. The normalized spacial score (nSPS) is 15.4. The number of hydrogen-bond donors (Lipinski definition) is 2. The molecule has 1 aromatic heterocycles. The highest BCUT2D eigenvalue weighted by molar-refractivity contribution is 7.89. The molecular formula is C21H27N3O5S. The van der Waals surface area contributed by atoms with Crippen molar-refractivity contribution >= 4 is 21.8 Å². The Bertz CT molecular complexity index is 978. The minimum atomic E-state index is -3.78. The van der Waals surface area contributed by atoms with Gasteiger partial charge in [-0.25, -0.2) is 13.1 Å². The van der Waals surface area contributed by atoms with Crippen LogP contribution in [-0.4, -0.2) is 44.3 Å². The lowest BCUT2D eigenvalue weighted by atomic mass is 10.0. The minimum Gasteiger partial charge on any atom is -0.468 e. The molecule has 9 heteroatoms. The standard InChI is InChI=1S/C21H27N3O5S/c1-15(2)21(26)24-10-8-17(9-11-24)23-20(25)16-5-3-7-19(13-16)30(27,28)22-14-18-6-4-12-29-18/h3-7,12-13,15,17,22H,8-11,14H2,1-2H3,(H,23,25). The van der Waals surface area contributed by atoms with E-state index in [1.54, 1.807) is 24.3 Å². The van der Waals surface area contributed by atoms with Crippen LogP contribution in [0.2, 0.25) is 0 Å². The van der Waals surface area contributed by atoms with Gasteiger partial charge in [-0.15, -0.1) is 0 Å². The van der Waals surface area contributed by atoms with Crippen LogP contribution in [0.1, 0.15) is 42.8 Å². The fraction of sp³-hybridized carbons (Fsp3) is 0.429. The second-order valence-corrected chi connectivity index (χ2v) is 9.43. The SMILES string of the molecule is CC(C)C(=O)N1CCC(NC(=O)c2cccc(S(=O)(=O)NCc3ccco3)c2)CC1. The van der Waals surface area contributed by atoms with Gasteiger partial charge in [0.25, 0.3) is 5.91 Å². The quantitative estimate of drug-likeness (QED) is 0.695. The van der Waals surface area contributed by atoms with E-state index in [-0.39, 0.29) is 40.8 Å². The molecule has 1 aliphatic heterocycles. The average Bonchev–Trinajstić information content (AvgIpc) is 3.26. The molecule has 2 aromatic rings. The van der Waals surface area contributed by atoms with Crippen molar-refractivity contribution in [2.24, 2.45) is 5.92 Å². The molecule has 1 saturated heterocycles. The molecule has 0 unspecified atom stereocenters. The van der Waals surface area contributed by atoms with Crippen molar-refractivity contribution in [1.82, 2.24) is 14.9 Å². The van der Waals surface area contributed by atoms with Crippen LogP contribution >= 0.6 is 0 Å². The number of nitrogens with one attached hydrogen (secondary N) is 2. The van der Waals surface area contributed by atoms with Crippen LogP contribution in [0.3, 0.4) is 0 Å². The summed E-state index contributed by atoms with van der Waals surface area (Å²) in [5, 5.41) is 2.95. The monoisotopic (exact) mass is 433 g/mol. The van der Waals surface area contributed by atoms with Gasteiger partial charge < -0.3 is 14.6 Å². The molecule has 1 aromatic carbocycles. The number of carbonyl (C=O) groups is 2. The molecule has 30 heavy (non-hydrogen) atoms. The first-order chi connectivity index (χ1) is 14.3. The van der Waals surface area contributed by atoms with E-state index in [2.05, 4.69) is 10.0 Å². The van der Waals surface area contributed by atoms with E-state index in [4.69, 9.17) is 4.42 Å². The van der Waals surface area contributed by atoms with Crippen LogP contribution < -0.4 is 10.0 Å². The van der Waals surface area contributed by atoms with Gasteiger partial charge in [-0.2, -0.15) is 0 Å². The van der Waals surface area contributed by atoms with Crippen LogP contribution in [0.25, 0.3) is 0 Å². The highest BCUT2D eigenvalue weighted by atomic mass is 32.2. The van der Waals surface area contributed by atoms with Gasteiger partial charge in [0.2, 0.25) is 15.9 Å². The predicted octanol–water partition coefficient (Wildman–Crippen LogP) is 2.13. The highest BCUT2D eigenvalue weighted by Crippen LogP contribution is 2.16. The van der Waals surface area contributed by atoms with Gasteiger partial charge in [-0.3, -0.25) is 9.59 Å². The Morgan fingerprint density at radius 2 is 1.90 bits per heavy atom. The molecule has 0 saturated carbocycles. The third kappa shape index (κ3) is 5.48. The molecular weight excluding hydrogens is 406 g/mol. The zero-order valence-electron chi connectivity index (χ0n) is 17.1. The first kappa shape index (κ1) is 22.0. The Labute approximate surface area is 176 Å². The van der Waals surface area contributed by atoms with E-state index in [0.717, 1.165) is 0 Å². The van der Waals surface area contributed by atoms with Crippen molar-refractivity contribution in [1.29, 1.82) is 0 Å². The van der Waals surface area contributed by atoms with Crippen LogP contribution in [0.15, 0.2) is 52.0 Å². The maximum atomic E-state index is 12.6. The van der Waals surface area contributed by atoms with E-state index < -0.39 is 10.0 Å². The summed E-state index contributed by atoms with van der Waals surface area (Å²) in [6.07, 6.45) is 2.82. The van der Waals surface area contributed by atoms with Crippen LogP contribution in [0.4, 0.5) is 0 Å². The van der Waals surface area contributed by atoms with Crippen molar-refractivity contribution in [3.05, 3.63) is 54.0 Å². The van der Waals surface area contributed by atoms with Gasteiger partial charge in [0, 0.05) is 30.6 Å². The summed E-state index contributed by atoms with van der Waals surface area (Å²) in [4.78, 5) is 26.6. The Hall–Kier alpha value is -2.65. The topological polar surface area (TPSA) is 109 Å². The zero-order chi connectivity index (χ0) is 21.7. The molecule has 1 fully saturated rings. The van der Waals surface area contributed by atoms with Crippen LogP contribution in [0.5, 0.6) is 0 Å². The number of benzene rings is 1. The van der Waals surface area contributed by atoms with E-state index in [0.29, 0.717) is 31.7 Å². The van der Waals surface area contributed by atoms with E-state index in [9.17, 15) is 18.0 Å². The van der Waals surface area contributed by atoms with Gasteiger partial charge >= 0.3 is 0 Å². The molecule has 162 valence electrons. The van der Waals surface area contributed by atoms with Gasteiger partial charge in [-0.05, 0) is 43.2 Å². The Balaban J connectivity index is 1.59. The fourth-order valence-electron chi connectivity index (χ4n) is 3.35. The van der Waals surface area contributed by atoms with Crippen molar-refractivity contribution < 1.29 is 22.4 Å². The molecule has 0 radical (unpaired) electrons. The number of sulfonamides is 1. The molecule has 0 spiro atoms. The first-order valence-electron chi connectivity index (χ1n) is 9.98. The smallest absolute Gasteiger partial charge is 0.251 e. The Kier molecular flexibility index (Phi) is 6.94. The van der Waals surface area contributed by atoms with Gasteiger partial charge in [0.05, 0.1) is 17.7 Å². The van der Waals surface area contributed by atoms with E-state index in [1.807, 2.05) is 18.7 Å². The van der Waals surface area contributed by atoms with E-state index in [1.165, 1.54) is 18.4 Å². The molecule has 3 rings (SSSR count). The highest BCUT2D eigenvalue weighted by Gasteiger charge is 2.25. The lowest BCUT2D eigenvalue weighted by molar-refractivity contribution is -0.135. The van der Waals surface area contributed by atoms with Gasteiger partial charge in [-0.1, -0.05) is 19.9 Å². The van der Waals surface area contributed by atoms with E-state index >= 15 is 0 Å². The molecule has 2 amide bonds. The lowest BCUT2D eigenvalue weighted by Gasteiger charge is -2.33. The average molecular weight is 434 g/mol. The maximum Gasteiger partial charge on any atom is 0.251 e. The van der Waals surface area contributed by atoms with Gasteiger partial charge in [0.15, 0.2) is 0 Å². The third-order valence-corrected chi connectivity index (χ3v) is 6.46. The summed E-state index contributed by atoms with van der Waals surface area (Å²) in [5.74, 6) is 0.253. The van der Waals surface area contributed by atoms with Crippen molar-refractivity contribution in [3.8, 4) is 0 Å². The van der Waals surface area contributed by atoms with Crippen LogP contribution in [0, 0.1) is 5.92 Å². The lowest BCUT2D eigenvalue weighted by Crippen LogP contribution is -2.47. The first-order valence-corrected chi connectivity index (χ1v) is 11.5. The number of rotatable bonds is 7.